The number of amides is 1. The third-order valence-electron chi connectivity index (χ3n) is 3.37. The Morgan fingerprint density at radius 2 is 1.81 bits per heavy atom. The van der Waals surface area contributed by atoms with E-state index < -0.39 is 0 Å². The summed E-state index contributed by atoms with van der Waals surface area (Å²) in [5.41, 5.74) is 5.92. The topological polar surface area (TPSA) is 54.1 Å². The number of fused-ring (bicyclic) bond motifs is 1. The van der Waals surface area contributed by atoms with E-state index in [2.05, 4.69) is 10.5 Å². The second kappa shape index (κ2) is 5.81. The van der Waals surface area contributed by atoms with Crippen molar-refractivity contribution in [1.82, 2.24) is 10.5 Å². The SMILES string of the molecule is Cc1[nH]c2ccccc2c1C(=O)NOCc1ccccc1. The number of aryl methyl sites for hydroxylation is 1. The van der Waals surface area contributed by atoms with Gasteiger partial charge in [-0.25, -0.2) is 5.48 Å². The van der Waals surface area contributed by atoms with Gasteiger partial charge in [0.15, 0.2) is 0 Å². The molecule has 1 amide bonds. The lowest BCUT2D eigenvalue weighted by atomic mass is 10.1. The number of benzene rings is 2. The van der Waals surface area contributed by atoms with Crippen LogP contribution in [0.2, 0.25) is 0 Å². The van der Waals surface area contributed by atoms with Crippen LogP contribution in [0.3, 0.4) is 0 Å². The van der Waals surface area contributed by atoms with Crippen molar-refractivity contribution in [3.8, 4) is 0 Å². The standard InChI is InChI=1S/C17H16N2O2/c1-12-16(14-9-5-6-10-15(14)18-12)17(20)19-21-11-13-7-3-2-4-8-13/h2-10,18H,11H2,1H3,(H,19,20). The first-order valence-electron chi connectivity index (χ1n) is 6.79. The minimum atomic E-state index is -0.235. The van der Waals surface area contributed by atoms with Crippen molar-refractivity contribution in [3.05, 3.63) is 71.4 Å². The zero-order valence-electron chi connectivity index (χ0n) is 11.7. The van der Waals surface area contributed by atoms with E-state index in [1.807, 2.05) is 61.5 Å². The Labute approximate surface area is 122 Å². The summed E-state index contributed by atoms with van der Waals surface area (Å²) < 4.78 is 0. The van der Waals surface area contributed by atoms with E-state index in [9.17, 15) is 4.79 Å². The summed E-state index contributed by atoms with van der Waals surface area (Å²) in [5, 5.41) is 0.899. The molecule has 4 nitrogen and oxygen atoms in total. The van der Waals surface area contributed by atoms with Crippen LogP contribution >= 0.6 is 0 Å². The highest BCUT2D eigenvalue weighted by atomic mass is 16.6. The maximum Gasteiger partial charge on any atom is 0.277 e. The van der Waals surface area contributed by atoms with Crippen LogP contribution in [-0.4, -0.2) is 10.9 Å². The van der Waals surface area contributed by atoms with E-state index in [1.54, 1.807) is 0 Å². The van der Waals surface area contributed by atoms with E-state index in [0.29, 0.717) is 12.2 Å². The lowest BCUT2D eigenvalue weighted by molar-refractivity contribution is 0.0234. The molecular formula is C17H16N2O2. The van der Waals surface area contributed by atoms with Crippen LogP contribution in [0.25, 0.3) is 10.9 Å². The largest absolute Gasteiger partial charge is 0.358 e. The minimum Gasteiger partial charge on any atom is -0.358 e. The summed E-state index contributed by atoms with van der Waals surface area (Å²) in [5.74, 6) is -0.235. The predicted octanol–water partition coefficient (Wildman–Crippen LogP) is 3.34. The van der Waals surface area contributed by atoms with Crippen molar-refractivity contribution >= 4 is 16.8 Å². The molecule has 1 heterocycles. The fourth-order valence-electron chi connectivity index (χ4n) is 2.38. The van der Waals surface area contributed by atoms with E-state index in [4.69, 9.17) is 4.84 Å². The van der Waals surface area contributed by atoms with Crippen LogP contribution in [0.15, 0.2) is 54.6 Å². The number of carbonyl (C=O) groups is 1. The van der Waals surface area contributed by atoms with Crippen molar-refractivity contribution < 1.29 is 9.63 Å². The first-order chi connectivity index (χ1) is 10.3. The fourth-order valence-corrected chi connectivity index (χ4v) is 2.38. The highest BCUT2D eigenvalue weighted by molar-refractivity contribution is 6.07. The number of aromatic nitrogens is 1. The normalized spacial score (nSPS) is 10.7. The average molecular weight is 280 g/mol. The van der Waals surface area contributed by atoms with Crippen LogP contribution in [0, 0.1) is 6.92 Å². The van der Waals surface area contributed by atoms with Crippen molar-refractivity contribution in [1.29, 1.82) is 0 Å². The Morgan fingerprint density at radius 3 is 2.62 bits per heavy atom. The van der Waals surface area contributed by atoms with Crippen LogP contribution in [-0.2, 0) is 11.4 Å². The Bertz CT molecular complexity index is 763. The molecule has 4 heteroatoms. The molecule has 1 aromatic heterocycles. The molecule has 2 aromatic carbocycles. The molecule has 106 valence electrons. The lowest BCUT2D eigenvalue weighted by Crippen LogP contribution is -2.24. The predicted molar refractivity (Wildman–Crippen MR) is 81.7 cm³/mol. The third-order valence-corrected chi connectivity index (χ3v) is 3.37. The quantitative estimate of drug-likeness (QED) is 0.720. The van der Waals surface area contributed by atoms with Gasteiger partial charge in [-0.1, -0.05) is 48.5 Å². The maximum atomic E-state index is 12.3. The van der Waals surface area contributed by atoms with Crippen molar-refractivity contribution in [2.75, 3.05) is 0 Å². The number of nitrogens with one attached hydrogen (secondary N) is 2. The Balaban J connectivity index is 1.71. The fraction of sp³-hybridized carbons (Fsp3) is 0.118. The van der Waals surface area contributed by atoms with Gasteiger partial charge in [-0.15, -0.1) is 0 Å². The van der Waals surface area contributed by atoms with Gasteiger partial charge in [0, 0.05) is 16.6 Å². The molecule has 0 saturated carbocycles. The molecule has 0 atom stereocenters. The first kappa shape index (κ1) is 13.4. The summed E-state index contributed by atoms with van der Waals surface area (Å²) in [6, 6.07) is 17.4. The van der Waals surface area contributed by atoms with Gasteiger partial charge >= 0.3 is 0 Å². The molecule has 3 aromatic rings. The highest BCUT2D eigenvalue weighted by Gasteiger charge is 2.15. The summed E-state index contributed by atoms with van der Waals surface area (Å²) in [4.78, 5) is 20.8. The van der Waals surface area contributed by atoms with Gasteiger partial charge in [0.2, 0.25) is 0 Å². The number of hydrogen-bond donors (Lipinski definition) is 2. The molecule has 0 unspecified atom stereocenters. The second-order valence-electron chi connectivity index (χ2n) is 4.88. The minimum absolute atomic E-state index is 0.235. The van der Waals surface area contributed by atoms with E-state index >= 15 is 0 Å². The van der Waals surface area contributed by atoms with Gasteiger partial charge in [0.1, 0.15) is 0 Å². The van der Waals surface area contributed by atoms with E-state index in [-0.39, 0.29) is 5.91 Å². The average Bonchev–Trinajstić information content (AvgIpc) is 2.84. The molecule has 21 heavy (non-hydrogen) atoms. The molecule has 0 saturated heterocycles. The van der Waals surface area contributed by atoms with Crippen LogP contribution in [0.5, 0.6) is 0 Å². The van der Waals surface area contributed by atoms with Crippen LogP contribution < -0.4 is 5.48 Å². The molecule has 0 fully saturated rings. The summed E-state index contributed by atoms with van der Waals surface area (Å²) in [6.07, 6.45) is 0. The Morgan fingerprint density at radius 1 is 1.10 bits per heavy atom. The molecule has 0 bridgehead atoms. The molecule has 3 rings (SSSR count). The van der Waals surface area contributed by atoms with Gasteiger partial charge in [0.05, 0.1) is 12.2 Å². The molecule has 0 aliphatic rings. The third kappa shape index (κ3) is 2.80. The molecule has 0 aliphatic carbocycles. The Kier molecular flexibility index (Phi) is 3.71. The molecule has 0 radical (unpaired) electrons. The number of aromatic amines is 1. The summed E-state index contributed by atoms with van der Waals surface area (Å²) in [6.45, 7) is 2.22. The smallest absolute Gasteiger partial charge is 0.277 e. The van der Waals surface area contributed by atoms with Crippen LogP contribution in [0.1, 0.15) is 21.6 Å². The van der Waals surface area contributed by atoms with Gasteiger partial charge in [-0.2, -0.15) is 0 Å². The van der Waals surface area contributed by atoms with Crippen LogP contribution in [0.4, 0.5) is 0 Å². The number of carbonyl (C=O) groups excluding carboxylic acids is 1. The van der Waals surface area contributed by atoms with Crippen molar-refractivity contribution in [2.24, 2.45) is 0 Å². The van der Waals surface area contributed by atoms with E-state index in [1.165, 1.54) is 0 Å². The lowest BCUT2D eigenvalue weighted by Gasteiger charge is -2.06. The van der Waals surface area contributed by atoms with Gasteiger partial charge in [0.25, 0.3) is 5.91 Å². The highest BCUT2D eigenvalue weighted by Crippen LogP contribution is 2.21. The van der Waals surface area contributed by atoms with Gasteiger partial charge in [-0.05, 0) is 18.6 Å². The van der Waals surface area contributed by atoms with Gasteiger partial charge < -0.3 is 4.98 Å². The zero-order valence-corrected chi connectivity index (χ0v) is 11.7. The first-order valence-corrected chi connectivity index (χ1v) is 6.79. The Hall–Kier alpha value is -2.59. The number of rotatable bonds is 4. The molecule has 0 spiro atoms. The second-order valence-corrected chi connectivity index (χ2v) is 4.88. The summed E-state index contributed by atoms with van der Waals surface area (Å²) >= 11 is 0. The van der Waals surface area contributed by atoms with Crippen molar-refractivity contribution in [3.63, 3.8) is 0 Å². The molecular weight excluding hydrogens is 264 g/mol. The van der Waals surface area contributed by atoms with Gasteiger partial charge in [-0.3, -0.25) is 9.63 Å². The molecule has 2 N–H and O–H groups in total. The monoisotopic (exact) mass is 280 g/mol. The number of hydroxylamine groups is 1. The number of hydrogen-bond acceptors (Lipinski definition) is 2. The van der Waals surface area contributed by atoms with E-state index in [0.717, 1.165) is 22.2 Å². The molecule has 0 aliphatic heterocycles. The van der Waals surface area contributed by atoms with Crippen molar-refractivity contribution in [2.45, 2.75) is 13.5 Å². The zero-order chi connectivity index (χ0) is 14.7. The number of H-pyrrole nitrogens is 1. The summed E-state index contributed by atoms with van der Waals surface area (Å²) in [7, 11) is 0. The number of para-hydroxylation sites is 1. The maximum absolute atomic E-state index is 12.3.